The predicted octanol–water partition coefficient (Wildman–Crippen LogP) is 3.58. The second kappa shape index (κ2) is 6.45. The summed E-state index contributed by atoms with van der Waals surface area (Å²) >= 11 is 5.81. The van der Waals surface area contributed by atoms with Crippen LogP contribution in [0.25, 0.3) is 0 Å². The fourth-order valence-corrected chi connectivity index (χ4v) is 2.01. The highest BCUT2D eigenvalue weighted by molar-refractivity contribution is 6.32. The van der Waals surface area contributed by atoms with Crippen LogP contribution in [0, 0.1) is 5.82 Å². The van der Waals surface area contributed by atoms with Crippen LogP contribution in [0.3, 0.4) is 0 Å². The summed E-state index contributed by atoms with van der Waals surface area (Å²) in [5.74, 6) is -1.03. The molecule has 0 spiro atoms. The molecule has 0 aromatic heterocycles. The molecule has 21 heavy (non-hydrogen) atoms. The molecule has 0 aliphatic heterocycles. The van der Waals surface area contributed by atoms with Crippen molar-refractivity contribution >= 4 is 23.3 Å². The van der Waals surface area contributed by atoms with Gasteiger partial charge in [0.1, 0.15) is 11.6 Å². The molecule has 0 aliphatic rings. The van der Waals surface area contributed by atoms with E-state index in [0.717, 1.165) is 5.56 Å². The van der Waals surface area contributed by atoms with Gasteiger partial charge in [0.2, 0.25) is 0 Å². The maximum absolute atomic E-state index is 13.3. The largest absolute Gasteiger partial charge is 0.506 e. The third kappa shape index (κ3) is 3.64. The molecule has 0 heterocycles. The molecular weight excluding hydrogens is 297 g/mol. The van der Waals surface area contributed by atoms with Crippen LogP contribution in [-0.4, -0.2) is 18.2 Å². The smallest absolute Gasteiger partial charge is 0.339 e. The summed E-state index contributed by atoms with van der Waals surface area (Å²) in [6.45, 7) is 0.313. The molecule has 0 amide bonds. The number of carbonyl (C=O) groups excluding carboxylic acids is 1. The molecule has 2 aromatic rings. The predicted molar refractivity (Wildman–Crippen MR) is 78.2 cm³/mol. The fourth-order valence-electron chi connectivity index (χ4n) is 1.81. The first-order valence-electron chi connectivity index (χ1n) is 6.10. The average Bonchev–Trinajstić information content (AvgIpc) is 2.48. The van der Waals surface area contributed by atoms with E-state index in [4.69, 9.17) is 11.6 Å². The van der Waals surface area contributed by atoms with E-state index in [1.54, 1.807) is 12.1 Å². The molecule has 0 atom stereocenters. The first kappa shape index (κ1) is 15.1. The van der Waals surface area contributed by atoms with Crippen molar-refractivity contribution in [3.05, 3.63) is 58.4 Å². The lowest BCUT2D eigenvalue weighted by atomic mass is 10.1. The van der Waals surface area contributed by atoms with Gasteiger partial charge in [-0.25, -0.2) is 9.18 Å². The Balaban J connectivity index is 2.20. The van der Waals surface area contributed by atoms with Gasteiger partial charge in [0.15, 0.2) is 0 Å². The van der Waals surface area contributed by atoms with Gasteiger partial charge < -0.3 is 15.2 Å². The molecule has 2 rings (SSSR count). The second-order valence-electron chi connectivity index (χ2n) is 4.32. The van der Waals surface area contributed by atoms with Crippen molar-refractivity contribution in [2.75, 3.05) is 12.4 Å². The van der Waals surface area contributed by atoms with Gasteiger partial charge in [0, 0.05) is 6.54 Å². The zero-order valence-corrected chi connectivity index (χ0v) is 11.9. The van der Waals surface area contributed by atoms with Crippen LogP contribution in [-0.2, 0) is 11.3 Å². The van der Waals surface area contributed by atoms with Gasteiger partial charge in [-0.05, 0) is 35.9 Å². The number of halogens is 2. The summed E-state index contributed by atoms with van der Waals surface area (Å²) < 4.78 is 18.0. The van der Waals surface area contributed by atoms with Crippen molar-refractivity contribution in [2.24, 2.45) is 0 Å². The zero-order valence-electron chi connectivity index (χ0n) is 11.2. The number of benzene rings is 2. The molecule has 0 fully saturated rings. The molecule has 6 heteroatoms. The van der Waals surface area contributed by atoms with E-state index in [-0.39, 0.29) is 16.3 Å². The van der Waals surface area contributed by atoms with Crippen LogP contribution < -0.4 is 5.32 Å². The van der Waals surface area contributed by atoms with Crippen LogP contribution in [0.15, 0.2) is 36.4 Å². The molecule has 0 unspecified atom stereocenters. The van der Waals surface area contributed by atoms with Gasteiger partial charge in [0.05, 0.1) is 23.4 Å². The molecule has 0 bridgehead atoms. The minimum atomic E-state index is -0.554. The lowest BCUT2D eigenvalue weighted by Gasteiger charge is -2.11. The number of nitrogens with one attached hydrogen (secondary N) is 1. The Bertz CT molecular complexity index is 676. The Morgan fingerprint density at radius 2 is 2.10 bits per heavy atom. The van der Waals surface area contributed by atoms with Crippen LogP contribution in [0.2, 0.25) is 5.02 Å². The second-order valence-corrected chi connectivity index (χ2v) is 4.73. The van der Waals surface area contributed by atoms with Gasteiger partial charge in [0.25, 0.3) is 0 Å². The van der Waals surface area contributed by atoms with E-state index >= 15 is 0 Å². The molecule has 4 nitrogen and oxygen atoms in total. The summed E-state index contributed by atoms with van der Waals surface area (Å²) in [5, 5.41) is 12.5. The fraction of sp³-hybridized carbons (Fsp3) is 0.133. The molecule has 0 saturated heterocycles. The number of esters is 1. The Morgan fingerprint density at radius 3 is 2.76 bits per heavy atom. The van der Waals surface area contributed by atoms with E-state index in [0.29, 0.717) is 12.2 Å². The standard InChI is InChI=1S/C15H13ClFNO3/c1-21-15(20)11-4-3-10(17)7-13(11)18-8-9-2-5-14(19)12(16)6-9/h2-7,18-19H,8H2,1H3. The zero-order chi connectivity index (χ0) is 15.4. The van der Waals surface area contributed by atoms with Gasteiger partial charge in [-0.15, -0.1) is 0 Å². The maximum atomic E-state index is 13.3. The Kier molecular flexibility index (Phi) is 4.65. The summed E-state index contributed by atoms with van der Waals surface area (Å²) in [6.07, 6.45) is 0. The third-order valence-electron chi connectivity index (χ3n) is 2.88. The molecule has 0 aliphatic carbocycles. The summed E-state index contributed by atoms with van der Waals surface area (Å²) in [5.41, 5.74) is 1.34. The third-order valence-corrected chi connectivity index (χ3v) is 3.18. The van der Waals surface area contributed by atoms with Crippen molar-refractivity contribution in [1.82, 2.24) is 0 Å². The molecule has 2 aromatic carbocycles. The Hall–Kier alpha value is -2.27. The molecule has 2 N–H and O–H groups in total. The van der Waals surface area contributed by atoms with Crippen molar-refractivity contribution < 1.29 is 19.0 Å². The van der Waals surface area contributed by atoms with Crippen molar-refractivity contribution in [1.29, 1.82) is 0 Å². The minimum absolute atomic E-state index is 0.0126. The summed E-state index contributed by atoms with van der Waals surface area (Å²) in [4.78, 5) is 11.6. The highest BCUT2D eigenvalue weighted by atomic mass is 35.5. The van der Waals surface area contributed by atoms with Crippen LogP contribution in [0.5, 0.6) is 5.75 Å². The van der Waals surface area contributed by atoms with Crippen molar-refractivity contribution in [3.8, 4) is 5.75 Å². The number of hydrogen-bond donors (Lipinski definition) is 2. The number of phenolic OH excluding ortho intramolecular Hbond substituents is 1. The summed E-state index contributed by atoms with van der Waals surface area (Å²) in [7, 11) is 1.26. The molecule has 0 radical (unpaired) electrons. The van der Waals surface area contributed by atoms with E-state index in [1.807, 2.05) is 0 Å². The van der Waals surface area contributed by atoms with Gasteiger partial charge in [-0.1, -0.05) is 17.7 Å². The number of phenols is 1. The first-order valence-corrected chi connectivity index (χ1v) is 6.48. The lowest BCUT2D eigenvalue weighted by Crippen LogP contribution is -2.08. The van der Waals surface area contributed by atoms with Gasteiger partial charge in [-0.2, -0.15) is 0 Å². The summed E-state index contributed by atoms with van der Waals surface area (Å²) in [6, 6.07) is 8.48. The number of rotatable bonds is 4. The number of hydrogen-bond acceptors (Lipinski definition) is 4. The first-order chi connectivity index (χ1) is 10.0. The normalized spacial score (nSPS) is 10.2. The van der Waals surface area contributed by atoms with Gasteiger partial charge >= 0.3 is 5.97 Å². The highest BCUT2D eigenvalue weighted by Gasteiger charge is 2.12. The molecule has 110 valence electrons. The number of methoxy groups -OCH3 is 1. The highest BCUT2D eigenvalue weighted by Crippen LogP contribution is 2.25. The van der Waals surface area contributed by atoms with E-state index < -0.39 is 11.8 Å². The monoisotopic (exact) mass is 309 g/mol. The average molecular weight is 310 g/mol. The number of anilines is 1. The minimum Gasteiger partial charge on any atom is -0.506 e. The molecule has 0 saturated carbocycles. The van der Waals surface area contributed by atoms with Crippen molar-refractivity contribution in [2.45, 2.75) is 6.54 Å². The topological polar surface area (TPSA) is 58.6 Å². The van der Waals surface area contributed by atoms with E-state index in [1.165, 1.54) is 31.4 Å². The maximum Gasteiger partial charge on any atom is 0.339 e. The van der Waals surface area contributed by atoms with Crippen LogP contribution in [0.1, 0.15) is 15.9 Å². The lowest BCUT2D eigenvalue weighted by molar-refractivity contribution is 0.0601. The van der Waals surface area contributed by atoms with E-state index in [2.05, 4.69) is 10.1 Å². The molecular formula is C15H13ClFNO3. The van der Waals surface area contributed by atoms with E-state index in [9.17, 15) is 14.3 Å². The number of carbonyl (C=O) groups is 1. The van der Waals surface area contributed by atoms with Crippen LogP contribution in [0.4, 0.5) is 10.1 Å². The SMILES string of the molecule is COC(=O)c1ccc(F)cc1NCc1ccc(O)c(Cl)c1. The van der Waals surface area contributed by atoms with Crippen molar-refractivity contribution in [3.63, 3.8) is 0 Å². The Labute approximate surface area is 126 Å². The van der Waals surface area contributed by atoms with Crippen LogP contribution >= 0.6 is 11.6 Å². The number of ether oxygens (including phenoxy) is 1. The Morgan fingerprint density at radius 1 is 1.33 bits per heavy atom. The number of aromatic hydroxyl groups is 1. The van der Waals surface area contributed by atoms with Gasteiger partial charge in [-0.3, -0.25) is 0 Å². The quantitative estimate of drug-likeness (QED) is 0.848.